The van der Waals surface area contributed by atoms with E-state index in [4.69, 9.17) is 0 Å². The van der Waals surface area contributed by atoms with Crippen molar-refractivity contribution >= 4 is 33.3 Å². The fourth-order valence-corrected chi connectivity index (χ4v) is 5.77. The second-order valence-corrected chi connectivity index (χ2v) is 10.8. The number of nitrogens with zero attached hydrogens (tertiary/aromatic N) is 2. The number of thiophene rings is 1. The largest absolute Gasteiger partial charge is 0.343 e. The van der Waals surface area contributed by atoms with E-state index in [9.17, 15) is 17.6 Å². The van der Waals surface area contributed by atoms with Crippen LogP contribution in [0.2, 0.25) is 0 Å². The van der Waals surface area contributed by atoms with Crippen LogP contribution in [0.5, 0.6) is 0 Å². The summed E-state index contributed by atoms with van der Waals surface area (Å²) in [6, 6.07) is 18.9. The summed E-state index contributed by atoms with van der Waals surface area (Å²) in [7, 11) is -3.53. The average molecular weight is 500 g/mol. The van der Waals surface area contributed by atoms with Crippen molar-refractivity contribution in [3.63, 3.8) is 0 Å². The molecular formula is C25H26FN3O3S2. The van der Waals surface area contributed by atoms with Crippen LogP contribution in [0, 0.1) is 5.82 Å². The first-order valence-corrected chi connectivity index (χ1v) is 13.3. The third kappa shape index (κ3) is 6.38. The maximum Gasteiger partial charge on any atom is 0.236 e. The van der Waals surface area contributed by atoms with E-state index < -0.39 is 10.0 Å². The summed E-state index contributed by atoms with van der Waals surface area (Å²) in [4.78, 5) is 15.7. The minimum Gasteiger partial charge on any atom is -0.343 e. The number of benzene rings is 2. The Labute approximate surface area is 203 Å². The summed E-state index contributed by atoms with van der Waals surface area (Å²) in [5, 5.41) is 6.22. The van der Waals surface area contributed by atoms with Gasteiger partial charge in [-0.2, -0.15) is 4.31 Å². The van der Waals surface area contributed by atoms with Gasteiger partial charge in [0.05, 0.1) is 12.6 Å². The fraction of sp³-hybridized carbons (Fsp3) is 0.240. The summed E-state index contributed by atoms with van der Waals surface area (Å²) in [6.07, 6.45) is 1.59. The molecule has 1 aromatic heterocycles. The standard InChI is InChI=1S/C25H26FN3O3S2/c26-22-10-8-21(9-11-22)25(23-7-4-17-33-23)27-24(30)19-28-13-15-29(16-14-28)34(31,32)18-12-20-5-2-1-3-6-20/h1-12,17-18,25H,13-16,19H2,(H,27,30)/b18-12+. The van der Waals surface area contributed by atoms with Gasteiger partial charge in [0.1, 0.15) is 5.82 Å². The van der Waals surface area contributed by atoms with Crippen LogP contribution >= 0.6 is 11.3 Å². The average Bonchev–Trinajstić information content (AvgIpc) is 3.38. The van der Waals surface area contributed by atoms with Crippen LogP contribution in [-0.2, 0) is 14.8 Å². The lowest BCUT2D eigenvalue weighted by atomic mass is 10.1. The van der Waals surface area contributed by atoms with Gasteiger partial charge in [0.25, 0.3) is 0 Å². The highest BCUT2D eigenvalue weighted by molar-refractivity contribution is 7.92. The molecule has 6 nitrogen and oxygen atoms in total. The second kappa shape index (κ2) is 11.1. The minimum atomic E-state index is -3.53. The number of nitrogens with one attached hydrogen (secondary N) is 1. The van der Waals surface area contributed by atoms with Gasteiger partial charge in [0.2, 0.25) is 15.9 Å². The van der Waals surface area contributed by atoms with E-state index >= 15 is 0 Å². The maximum absolute atomic E-state index is 13.4. The number of amides is 1. The summed E-state index contributed by atoms with van der Waals surface area (Å²) in [5.74, 6) is -0.491. The van der Waals surface area contributed by atoms with E-state index in [1.807, 2.05) is 52.7 Å². The lowest BCUT2D eigenvalue weighted by Gasteiger charge is -2.33. The van der Waals surface area contributed by atoms with Gasteiger partial charge in [0, 0.05) is 36.5 Å². The Morgan fingerprint density at radius 2 is 1.71 bits per heavy atom. The molecule has 0 aliphatic carbocycles. The number of sulfonamides is 1. The highest BCUT2D eigenvalue weighted by atomic mass is 32.2. The van der Waals surface area contributed by atoms with Gasteiger partial charge in [-0.1, -0.05) is 48.5 Å². The minimum absolute atomic E-state index is 0.164. The molecule has 9 heteroatoms. The monoisotopic (exact) mass is 499 g/mol. The molecule has 1 aliphatic rings. The zero-order valence-electron chi connectivity index (χ0n) is 18.5. The van der Waals surface area contributed by atoms with Crippen molar-refractivity contribution in [2.75, 3.05) is 32.7 Å². The third-order valence-electron chi connectivity index (χ3n) is 5.63. The Morgan fingerprint density at radius 3 is 2.35 bits per heavy atom. The summed E-state index contributed by atoms with van der Waals surface area (Å²) in [5.41, 5.74) is 1.63. The molecule has 1 unspecified atom stereocenters. The number of carbonyl (C=O) groups is 1. The van der Waals surface area contributed by atoms with E-state index in [0.29, 0.717) is 26.2 Å². The van der Waals surface area contributed by atoms with Gasteiger partial charge >= 0.3 is 0 Å². The molecule has 3 aromatic rings. The van der Waals surface area contributed by atoms with E-state index in [-0.39, 0.29) is 24.3 Å². The van der Waals surface area contributed by atoms with Gasteiger partial charge < -0.3 is 5.32 Å². The first-order chi connectivity index (χ1) is 16.4. The molecule has 0 saturated carbocycles. The Balaban J connectivity index is 1.33. The van der Waals surface area contributed by atoms with Crippen LogP contribution in [0.3, 0.4) is 0 Å². The summed E-state index contributed by atoms with van der Waals surface area (Å²) in [6.45, 7) is 1.73. The second-order valence-electron chi connectivity index (χ2n) is 8.00. The van der Waals surface area contributed by atoms with Crippen LogP contribution in [0.1, 0.15) is 22.0 Å². The zero-order chi connectivity index (χ0) is 24.0. The smallest absolute Gasteiger partial charge is 0.236 e. The van der Waals surface area contributed by atoms with Crippen molar-refractivity contribution in [2.24, 2.45) is 0 Å². The Hall–Kier alpha value is -2.85. The predicted octanol–water partition coefficient (Wildman–Crippen LogP) is 3.71. The molecule has 0 bridgehead atoms. The van der Waals surface area contributed by atoms with E-state index in [1.54, 1.807) is 18.2 Å². The SMILES string of the molecule is O=C(CN1CCN(S(=O)(=O)/C=C/c2ccccc2)CC1)NC(c1ccc(F)cc1)c1cccs1. The molecule has 2 heterocycles. The van der Waals surface area contributed by atoms with Gasteiger partial charge in [-0.05, 0) is 40.8 Å². The zero-order valence-corrected chi connectivity index (χ0v) is 20.1. The molecule has 34 heavy (non-hydrogen) atoms. The normalized spacial score (nSPS) is 16.5. The quantitative estimate of drug-likeness (QED) is 0.513. The summed E-state index contributed by atoms with van der Waals surface area (Å²) < 4.78 is 40.1. The topological polar surface area (TPSA) is 69.7 Å². The van der Waals surface area contributed by atoms with Crippen LogP contribution in [0.25, 0.3) is 6.08 Å². The van der Waals surface area contributed by atoms with Gasteiger partial charge in [-0.15, -0.1) is 11.3 Å². The molecule has 1 amide bonds. The molecule has 1 aliphatic heterocycles. The van der Waals surface area contributed by atoms with Crippen molar-refractivity contribution in [1.29, 1.82) is 0 Å². The van der Waals surface area contributed by atoms with Crippen LogP contribution < -0.4 is 5.32 Å². The lowest BCUT2D eigenvalue weighted by molar-refractivity contribution is -0.123. The predicted molar refractivity (Wildman–Crippen MR) is 133 cm³/mol. The highest BCUT2D eigenvalue weighted by Gasteiger charge is 2.27. The lowest BCUT2D eigenvalue weighted by Crippen LogP contribution is -2.50. The first-order valence-electron chi connectivity index (χ1n) is 10.9. The van der Waals surface area contributed by atoms with E-state index in [0.717, 1.165) is 16.0 Å². The third-order valence-corrected chi connectivity index (χ3v) is 8.13. The molecule has 1 saturated heterocycles. The van der Waals surface area contributed by atoms with Crippen molar-refractivity contribution < 1.29 is 17.6 Å². The maximum atomic E-state index is 13.4. The highest BCUT2D eigenvalue weighted by Crippen LogP contribution is 2.26. The number of halogens is 1. The molecule has 178 valence electrons. The van der Waals surface area contributed by atoms with Crippen molar-refractivity contribution in [2.45, 2.75) is 6.04 Å². The van der Waals surface area contributed by atoms with Crippen LogP contribution in [0.15, 0.2) is 77.5 Å². The Bertz CT molecular complexity index is 1210. The van der Waals surface area contributed by atoms with Crippen LogP contribution in [0.4, 0.5) is 4.39 Å². The summed E-state index contributed by atoms with van der Waals surface area (Å²) >= 11 is 1.52. The molecule has 1 atom stereocenters. The molecule has 1 fully saturated rings. The molecule has 0 spiro atoms. The number of hydrogen-bond acceptors (Lipinski definition) is 5. The van der Waals surface area contributed by atoms with Gasteiger partial charge in [0.15, 0.2) is 0 Å². The van der Waals surface area contributed by atoms with E-state index in [2.05, 4.69) is 5.32 Å². The van der Waals surface area contributed by atoms with Gasteiger partial charge in [-0.3, -0.25) is 9.69 Å². The van der Waals surface area contributed by atoms with Crippen molar-refractivity contribution in [1.82, 2.24) is 14.5 Å². The molecule has 1 N–H and O–H groups in total. The number of hydrogen-bond donors (Lipinski definition) is 1. The van der Waals surface area contributed by atoms with Crippen LogP contribution in [-0.4, -0.2) is 56.3 Å². The Kier molecular flexibility index (Phi) is 7.89. The first kappa shape index (κ1) is 24.3. The number of rotatable bonds is 8. The van der Waals surface area contributed by atoms with Crippen molar-refractivity contribution in [3.05, 3.63) is 99.3 Å². The van der Waals surface area contributed by atoms with E-state index in [1.165, 1.54) is 33.2 Å². The molecular weight excluding hydrogens is 473 g/mol. The Morgan fingerprint density at radius 1 is 1.00 bits per heavy atom. The number of piperazine rings is 1. The number of carbonyl (C=O) groups excluding carboxylic acids is 1. The van der Waals surface area contributed by atoms with Crippen molar-refractivity contribution in [3.8, 4) is 0 Å². The molecule has 4 rings (SSSR count). The fourth-order valence-electron chi connectivity index (χ4n) is 3.80. The molecule has 2 aromatic carbocycles. The molecule has 0 radical (unpaired) electrons. The van der Waals surface area contributed by atoms with Gasteiger partial charge in [-0.25, -0.2) is 12.8 Å².